The summed E-state index contributed by atoms with van der Waals surface area (Å²) >= 11 is 1.14. The molecule has 33 heavy (non-hydrogen) atoms. The lowest BCUT2D eigenvalue weighted by Crippen LogP contribution is -2.39. The highest BCUT2D eigenvalue weighted by Gasteiger charge is 2.34. The Kier molecular flexibility index (Phi) is 7.40. The Morgan fingerprint density at radius 1 is 0.970 bits per heavy atom. The van der Waals surface area contributed by atoms with Crippen molar-refractivity contribution in [2.24, 2.45) is 0 Å². The molecule has 0 bridgehead atoms. The Labute approximate surface area is 197 Å². The minimum atomic E-state index is -0.278. The van der Waals surface area contributed by atoms with E-state index < -0.39 is 0 Å². The molecule has 1 atom stereocenters. The van der Waals surface area contributed by atoms with Crippen LogP contribution in [0.5, 0.6) is 17.2 Å². The number of hydrogen-bond donors (Lipinski definition) is 0. The molecule has 0 aliphatic carbocycles. The highest BCUT2D eigenvalue weighted by atomic mass is 32.2. The second-order valence-electron chi connectivity index (χ2n) is 7.86. The zero-order valence-corrected chi connectivity index (χ0v) is 19.8. The van der Waals surface area contributed by atoms with Crippen LogP contribution in [0.15, 0.2) is 59.5 Å². The molecule has 0 amide bonds. The largest absolute Gasteiger partial charge is 0.497 e. The first-order chi connectivity index (χ1) is 16.2. The first kappa shape index (κ1) is 23.4. The van der Waals surface area contributed by atoms with Crippen molar-refractivity contribution in [2.75, 3.05) is 27.9 Å². The number of fused-ring (bicyclic) bond motifs is 4. The summed E-state index contributed by atoms with van der Waals surface area (Å²) in [5, 5.41) is 0. The van der Waals surface area contributed by atoms with E-state index in [0.29, 0.717) is 23.9 Å². The predicted octanol–water partition coefficient (Wildman–Crippen LogP) is 6.17. The van der Waals surface area contributed by atoms with E-state index >= 15 is 0 Å². The van der Waals surface area contributed by atoms with Gasteiger partial charge in [-0.15, -0.1) is 0 Å². The van der Waals surface area contributed by atoms with Crippen LogP contribution in [0.4, 0.5) is 8.78 Å². The van der Waals surface area contributed by atoms with Gasteiger partial charge < -0.3 is 13.7 Å². The molecule has 0 spiro atoms. The number of nitrogens with zero attached hydrogens (tertiary/aromatic N) is 1. The van der Waals surface area contributed by atoms with Gasteiger partial charge in [0.05, 0.1) is 38.3 Å². The maximum absolute atomic E-state index is 13.5. The Balaban J connectivity index is 0.00000126. The van der Waals surface area contributed by atoms with Crippen LogP contribution in [0.2, 0.25) is 0 Å². The van der Waals surface area contributed by atoms with Crippen molar-refractivity contribution in [1.29, 1.82) is 0 Å². The van der Waals surface area contributed by atoms with E-state index in [9.17, 15) is 8.78 Å². The quantitative estimate of drug-likeness (QED) is 0.416. The average molecular weight is 472 g/mol. The van der Waals surface area contributed by atoms with Crippen LogP contribution in [0.3, 0.4) is 0 Å². The zero-order chi connectivity index (χ0) is 23.4. The summed E-state index contributed by atoms with van der Waals surface area (Å²) in [5.74, 6) is 2.07. The fourth-order valence-electron chi connectivity index (χ4n) is 4.62. The van der Waals surface area contributed by atoms with E-state index in [-0.39, 0.29) is 5.82 Å². The van der Waals surface area contributed by atoms with Gasteiger partial charge in [0, 0.05) is 24.7 Å². The monoisotopic (exact) mass is 471 g/mol. The summed E-state index contributed by atoms with van der Waals surface area (Å²) in [5.41, 5.74) is 5.22. The molecule has 0 N–H and O–H groups in total. The Bertz CT molecular complexity index is 1120. The van der Waals surface area contributed by atoms with E-state index in [4.69, 9.17) is 13.7 Å². The normalized spacial score (nSPS) is 16.5. The molecular formula is C26H27F2NO3S. The molecule has 0 aromatic heterocycles. The number of halogens is 2. The lowest BCUT2D eigenvalue weighted by atomic mass is 9.83. The molecule has 174 valence electrons. The standard InChI is InChI=1S/C25H24FNO3S.CH3F/c1-28-19-7-8-21-17(12-19)10-11-27-15-22-16(13-23(21)27)6-9-24(25(22)29-2)30-31-20-5-3-4-18(26)14-20;1-2/h3-9,12,14,23H,10-11,13,15H2,1-2H3;1H3. The molecule has 3 aromatic rings. The van der Waals surface area contributed by atoms with Gasteiger partial charge in [0.1, 0.15) is 11.6 Å². The van der Waals surface area contributed by atoms with Crippen LogP contribution < -0.4 is 13.7 Å². The number of alkyl halides is 1. The molecular weight excluding hydrogens is 444 g/mol. The van der Waals surface area contributed by atoms with Gasteiger partial charge in [-0.2, -0.15) is 0 Å². The number of methoxy groups -OCH3 is 2. The summed E-state index contributed by atoms with van der Waals surface area (Å²) in [7, 11) is 3.89. The van der Waals surface area contributed by atoms with Gasteiger partial charge in [-0.3, -0.25) is 9.29 Å². The fraction of sp³-hybridized carbons (Fsp3) is 0.308. The van der Waals surface area contributed by atoms with Crippen molar-refractivity contribution >= 4 is 12.0 Å². The van der Waals surface area contributed by atoms with Gasteiger partial charge in [-0.1, -0.05) is 18.2 Å². The summed E-state index contributed by atoms with van der Waals surface area (Å²) in [4.78, 5) is 3.23. The molecule has 3 aromatic carbocycles. The van der Waals surface area contributed by atoms with Gasteiger partial charge in [0.25, 0.3) is 0 Å². The lowest BCUT2D eigenvalue weighted by Gasteiger charge is -2.42. The predicted molar refractivity (Wildman–Crippen MR) is 126 cm³/mol. The van der Waals surface area contributed by atoms with Gasteiger partial charge in [-0.05, 0) is 65.9 Å². The third-order valence-electron chi connectivity index (χ3n) is 6.14. The van der Waals surface area contributed by atoms with Crippen LogP contribution in [0, 0.1) is 5.82 Å². The molecule has 0 fully saturated rings. The van der Waals surface area contributed by atoms with Crippen LogP contribution in [-0.4, -0.2) is 32.8 Å². The van der Waals surface area contributed by atoms with Crippen LogP contribution in [0.1, 0.15) is 28.3 Å². The Hall–Kier alpha value is -2.77. The summed E-state index contributed by atoms with van der Waals surface area (Å²) in [6.07, 6.45) is 1.94. The topological polar surface area (TPSA) is 30.9 Å². The third-order valence-corrected chi connectivity index (χ3v) is 6.85. The van der Waals surface area contributed by atoms with Gasteiger partial charge >= 0.3 is 0 Å². The average Bonchev–Trinajstić information content (AvgIpc) is 2.86. The minimum Gasteiger partial charge on any atom is -0.497 e. The van der Waals surface area contributed by atoms with Gasteiger partial charge in [0.15, 0.2) is 11.5 Å². The summed E-state index contributed by atoms with van der Waals surface area (Å²) < 4.78 is 40.1. The highest BCUT2D eigenvalue weighted by molar-refractivity contribution is 7.95. The second kappa shape index (κ2) is 10.4. The Morgan fingerprint density at radius 2 is 1.82 bits per heavy atom. The number of rotatable bonds is 5. The van der Waals surface area contributed by atoms with Crippen molar-refractivity contribution in [2.45, 2.75) is 30.3 Å². The van der Waals surface area contributed by atoms with E-state index in [1.165, 1.54) is 34.4 Å². The Morgan fingerprint density at radius 3 is 2.58 bits per heavy atom. The molecule has 2 aliphatic rings. The minimum absolute atomic E-state index is 0.278. The number of hydrogen-bond acceptors (Lipinski definition) is 5. The van der Waals surface area contributed by atoms with Gasteiger partial charge in [0.2, 0.25) is 0 Å². The van der Waals surface area contributed by atoms with Crippen molar-refractivity contribution in [3.63, 3.8) is 0 Å². The maximum atomic E-state index is 13.5. The number of benzene rings is 3. The second-order valence-corrected chi connectivity index (χ2v) is 8.67. The molecule has 4 nitrogen and oxygen atoms in total. The van der Waals surface area contributed by atoms with E-state index in [0.717, 1.165) is 49.5 Å². The van der Waals surface area contributed by atoms with E-state index in [2.05, 4.69) is 29.2 Å². The highest BCUT2D eigenvalue weighted by Crippen LogP contribution is 2.45. The lowest BCUT2D eigenvalue weighted by molar-refractivity contribution is 0.158. The zero-order valence-electron chi connectivity index (χ0n) is 18.9. The fourth-order valence-corrected chi connectivity index (χ4v) is 5.23. The molecule has 1 unspecified atom stereocenters. The van der Waals surface area contributed by atoms with Gasteiger partial charge in [-0.25, -0.2) is 4.39 Å². The first-order valence-corrected chi connectivity index (χ1v) is 11.5. The third kappa shape index (κ3) is 4.80. The molecule has 0 radical (unpaired) electrons. The van der Waals surface area contributed by atoms with Crippen molar-refractivity contribution in [3.8, 4) is 17.2 Å². The first-order valence-electron chi connectivity index (χ1n) is 10.7. The van der Waals surface area contributed by atoms with Crippen LogP contribution >= 0.6 is 12.0 Å². The SMILES string of the molecule is CF.COc1ccc2c(c1)CCN1Cc3c(ccc(OSc4cccc(F)c4)c3OC)CC21. The smallest absolute Gasteiger partial charge is 0.180 e. The van der Waals surface area contributed by atoms with Crippen molar-refractivity contribution < 1.29 is 22.4 Å². The molecule has 2 heterocycles. The van der Waals surface area contributed by atoms with Crippen LogP contribution in [-0.2, 0) is 19.4 Å². The van der Waals surface area contributed by atoms with Crippen LogP contribution in [0.25, 0.3) is 0 Å². The maximum Gasteiger partial charge on any atom is 0.180 e. The molecule has 7 heteroatoms. The van der Waals surface area contributed by atoms with E-state index in [1.54, 1.807) is 20.3 Å². The molecule has 0 saturated carbocycles. The molecule has 2 aliphatic heterocycles. The number of ether oxygens (including phenoxy) is 2. The van der Waals surface area contributed by atoms with Crippen molar-refractivity contribution in [1.82, 2.24) is 4.90 Å². The molecule has 5 rings (SSSR count). The summed E-state index contributed by atoms with van der Waals surface area (Å²) in [6, 6.07) is 17.3. The molecule has 0 saturated heterocycles. The van der Waals surface area contributed by atoms with E-state index in [1.807, 2.05) is 12.1 Å². The summed E-state index contributed by atoms with van der Waals surface area (Å²) in [6.45, 7) is 1.81. The van der Waals surface area contributed by atoms with Crippen molar-refractivity contribution in [3.05, 3.63) is 82.7 Å².